The number of phenolic OH excluding ortho intramolecular Hbond substituents is 1. The summed E-state index contributed by atoms with van der Waals surface area (Å²) in [5.41, 5.74) is 0.414. The number of phenols is 1. The van der Waals surface area contributed by atoms with E-state index in [1.807, 2.05) is 0 Å². The maximum Gasteiger partial charge on any atom is 0.255 e. The van der Waals surface area contributed by atoms with Crippen molar-refractivity contribution in [3.63, 3.8) is 0 Å². The fourth-order valence-corrected chi connectivity index (χ4v) is 3.61. The predicted octanol–water partition coefficient (Wildman–Crippen LogP) is 1.83. The van der Waals surface area contributed by atoms with Crippen molar-refractivity contribution in [1.29, 1.82) is 0 Å². The molecule has 0 saturated carbocycles. The summed E-state index contributed by atoms with van der Waals surface area (Å²) in [7, 11) is 0. The van der Waals surface area contributed by atoms with Crippen LogP contribution in [0.15, 0.2) is 12.1 Å². The summed E-state index contributed by atoms with van der Waals surface area (Å²) in [5.74, 6) is -0.328. The molecule has 0 radical (unpaired) electrons. The molecular weight excluding hydrogens is 318 g/mol. The number of fused-ring (bicyclic) bond motifs is 3. The Morgan fingerprint density at radius 3 is 2.57 bits per heavy atom. The van der Waals surface area contributed by atoms with Crippen LogP contribution < -0.4 is 10.6 Å². The Morgan fingerprint density at radius 1 is 1.30 bits per heavy atom. The van der Waals surface area contributed by atoms with Crippen LogP contribution in [0.4, 0.5) is 5.69 Å². The molecule has 4 rings (SSSR count). The zero-order chi connectivity index (χ0) is 16.6. The summed E-state index contributed by atoms with van der Waals surface area (Å²) in [5, 5.41) is 15.8. The number of amides is 2. The largest absolute Gasteiger partial charge is 0.507 e. The Balaban J connectivity index is 1.74. The highest BCUT2D eigenvalue weighted by molar-refractivity contribution is 6.34. The quantitative estimate of drug-likeness (QED) is 0.786. The van der Waals surface area contributed by atoms with Crippen LogP contribution in [0.3, 0.4) is 0 Å². The Labute approximate surface area is 139 Å². The fourth-order valence-electron chi connectivity index (χ4n) is 3.40. The van der Waals surface area contributed by atoms with Gasteiger partial charge in [0, 0.05) is 25.6 Å². The second-order valence-corrected chi connectivity index (χ2v) is 6.66. The van der Waals surface area contributed by atoms with Gasteiger partial charge in [0.2, 0.25) is 5.91 Å². The van der Waals surface area contributed by atoms with Gasteiger partial charge in [-0.1, -0.05) is 11.6 Å². The van der Waals surface area contributed by atoms with Crippen molar-refractivity contribution < 1.29 is 14.7 Å². The van der Waals surface area contributed by atoms with Crippen molar-refractivity contribution in [2.45, 2.75) is 25.8 Å². The van der Waals surface area contributed by atoms with Gasteiger partial charge >= 0.3 is 0 Å². The van der Waals surface area contributed by atoms with Crippen molar-refractivity contribution in [3.05, 3.63) is 22.7 Å². The number of hydrogen-bond donors (Lipinski definition) is 3. The van der Waals surface area contributed by atoms with Gasteiger partial charge in [-0.15, -0.1) is 0 Å². The van der Waals surface area contributed by atoms with Crippen molar-refractivity contribution in [1.82, 2.24) is 10.2 Å². The molecule has 3 saturated heterocycles. The molecule has 6 nitrogen and oxygen atoms in total. The molecule has 3 heterocycles. The van der Waals surface area contributed by atoms with Gasteiger partial charge in [-0.25, -0.2) is 0 Å². The number of carbonyl (C=O) groups excluding carboxylic acids is 2. The van der Waals surface area contributed by atoms with E-state index in [-0.39, 0.29) is 39.9 Å². The molecule has 1 atom stereocenters. The lowest BCUT2D eigenvalue weighted by molar-refractivity contribution is -0.114. The van der Waals surface area contributed by atoms with E-state index in [0.29, 0.717) is 5.92 Å². The molecule has 7 heteroatoms. The molecule has 2 bridgehead atoms. The summed E-state index contributed by atoms with van der Waals surface area (Å²) < 4.78 is 0. The van der Waals surface area contributed by atoms with E-state index in [0.717, 1.165) is 32.5 Å². The molecule has 3 aliphatic rings. The number of halogens is 1. The summed E-state index contributed by atoms with van der Waals surface area (Å²) in [6.07, 6.45) is 2.19. The standard InChI is InChI=1S/C16H20ClN3O3/c1-9(21)18-13-7-15(22)11(6-12(13)17)16(23)19-14-8-20-4-2-10(14)3-5-20/h6-7,10,14,22H,2-5,8H2,1H3,(H,18,21)(H,19,23). The Kier molecular flexibility index (Phi) is 4.46. The van der Waals surface area contributed by atoms with Gasteiger partial charge in [-0.2, -0.15) is 0 Å². The molecule has 3 aliphatic heterocycles. The highest BCUT2D eigenvalue weighted by Gasteiger charge is 2.35. The summed E-state index contributed by atoms with van der Waals surface area (Å²) in [6, 6.07) is 2.80. The van der Waals surface area contributed by atoms with E-state index in [4.69, 9.17) is 11.6 Å². The third kappa shape index (κ3) is 3.43. The highest BCUT2D eigenvalue weighted by atomic mass is 35.5. The van der Waals surface area contributed by atoms with Crippen LogP contribution in [-0.2, 0) is 4.79 Å². The highest BCUT2D eigenvalue weighted by Crippen LogP contribution is 2.31. The minimum atomic E-state index is -0.336. The Morgan fingerprint density at radius 2 is 2.00 bits per heavy atom. The Bertz CT molecular complexity index is 642. The lowest BCUT2D eigenvalue weighted by atomic mass is 9.84. The smallest absolute Gasteiger partial charge is 0.255 e. The first-order valence-corrected chi connectivity index (χ1v) is 8.15. The number of rotatable bonds is 3. The first kappa shape index (κ1) is 16.1. The van der Waals surface area contributed by atoms with Crippen LogP contribution in [0.25, 0.3) is 0 Å². The van der Waals surface area contributed by atoms with Crippen molar-refractivity contribution in [2.24, 2.45) is 5.92 Å². The third-order valence-corrected chi connectivity index (χ3v) is 4.93. The molecular formula is C16H20ClN3O3. The molecule has 1 aromatic carbocycles. The number of aromatic hydroxyl groups is 1. The van der Waals surface area contributed by atoms with Crippen LogP contribution in [0.1, 0.15) is 30.1 Å². The van der Waals surface area contributed by atoms with Crippen LogP contribution in [0.2, 0.25) is 5.02 Å². The molecule has 3 N–H and O–H groups in total. The fraction of sp³-hybridized carbons (Fsp3) is 0.500. The van der Waals surface area contributed by atoms with Gasteiger partial charge in [0.05, 0.1) is 16.3 Å². The molecule has 0 spiro atoms. The number of nitrogens with one attached hydrogen (secondary N) is 2. The van der Waals surface area contributed by atoms with Gasteiger partial charge < -0.3 is 20.6 Å². The van der Waals surface area contributed by atoms with E-state index >= 15 is 0 Å². The van der Waals surface area contributed by atoms with Gasteiger partial charge in [-0.05, 0) is 37.9 Å². The molecule has 0 aromatic heterocycles. The Hall–Kier alpha value is -1.79. The topological polar surface area (TPSA) is 81.7 Å². The molecule has 0 aliphatic carbocycles. The van der Waals surface area contributed by atoms with E-state index in [1.54, 1.807) is 0 Å². The third-order valence-electron chi connectivity index (χ3n) is 4.61. The number of piperidine rings is 3. The van der Waals surface area contributed by atoms with Crippen LogP contribution in [0, 0.1) is 5.92 Å². The predicted molar refractivity (Wildman–Crippen MR) is 87.8 cm³/mol. The second kappa shape index (κ2) is 6.37. The van der Waals surface area contributed by atoms with Gasteiger partial charge in [-0.3, -0.25) is 9.59 Å². The molecule has 1 aromatic rings. The zero-order valence-electron chi connectivity index (χ0n) is 12.9. The van der Waals surface area contributed by atoms with E-state index in [2.05, 4.69) is 15.5 Å². The maximum absolute atomic E-state index is 12.5. The number of nitrogens with zero attached hydrogens (tertiary/aromatic N) is 1. The first-order valence-electron chi connectivity index (χ1n) is 7.77. The van der Waals surface area contributed by atoms with Gasteiger partial charge in [0.1, 0.15) is 5.75 Å². The average Bonchev–Trinajstić information content (AvgIpc) is 2.51. The van der Waals surface area contributed by atoms with Crippen LogP contribution in [0.5, 0.6) is 5.75 Å². The summed E-state index contributed by atoms with van der Waals surface area (Å²) in [6.45, 7) is 4.40. The summed E-state index contributed by atoms with van der Waals surface area (Å²) in [4.78, 5) is 25.9. The number of carbonyl (C=O) groups is 2. The maximum atomic E-state index is 12.5. The summed E-state index contributed by atoms with van der Waals surface area (Å²) >= 11 is 6.08. The van der Waals surface area contributed by atoms with Crippen molar-refractivity contribution >= 4 is 29.1 Å². The number of anilines is 1. The number of benzene rings is 1. The van der Waals surface area contributed by atoms with E-state index in [9.17, 15) is 14.7 Å². The van der Waals surface area contributed by atoms with Gasteiger partial charge in [0.15, 0.2) is 0 Å². The molecule has 2 amide bonds. The monoisotopic (exact) mass is 337 g/mol. The lowest BCUT2D eigenvalue weighted by Crippen LogP contribution is -2.57. The van der Waals surface area contributed by atoms with Crippen LogP contribution >= 0.6 is 11.6 Å². The molecule has 1 unspecified atom stereocenters. The number of hydrogen-bond acceptors (Lipinski definition) is 4. The second-order valence-electron chi connectivity index (χ2n) is 6.25. The minimum absolute atomic E-state index is 0.109. The first-order chi connectivity index (χ1) is 10.9. The van der Waals surface area contributed by atoms with Gasteiger partial charge in [0.25, 0.3) is 5.91 Å². The molecule has 3 fully saturated rings. The van der Waals surface area contributed by atoms with Crippen molar-refractivity contribution in [3.8, 4) is 5.75 Å². The SMILES string of the molecule is CC(=O)Nc1cc(O)c(C(=O)NC2CN3CCC2CC3)cc1Cl. The average molecular weight is 338 g/mol. The van der Waals surface area contributed by atoms with Crippen molar-refractivity contribution in [2.75, 3.05) is 25.0 Å². The van der Waals surface area contributed by atoms with E-state index in [1.165, 1.54) is 19.1 Å². The lowest BCUT2D eigenvalue weighted by Gasteiger charge is -2.44. The minimum Gasteiger partial charge on any atom is -0.507 e. The molecule has 124 valence electrons. The van der Waals surface area contributed by atoms with E-state index < -0.39 is 0 Å². The van der Waals surface area contributed by atoms with Crippen LogP contribution in [-0.4, -0.2) is 47.5 Å². The zero-order valence-corrected chi connectivity index (χ0v) is 13.7. The normalized spacial score (nSPS) is 25.9. The molecule has 23 heavy (non-hydrogen) atoms.